The van der Waals surface area contributed by atoms with Crippen LogP contribution in [0.25, 0.3) is 0 Å². The molecule has 4 rings (SSSR count). The molecule has 0 bridgehead atoms. The molecule has 3 atom stereocenters. The van der Waals surface area contributed by atoms with Gasteiger partial charge in [-0.25, -0.2) is 0 Å². The van der Waals surface area contributed by atoms with Crippen molar-refractivity contribution in [2.24, 2.45) is 0 Å². The van der Waals surface area contributed by atoms with Crippen molar-refractivity contribution < 1.29 is 4.74 Å². The maximum Gasteiger partial charge on any atom is 0.0795 e. The van der Waals surface area contributed by atoms with Crippen molar-refractivity contribution in [2.45, 2.75) is 43.4 Å². The Morgan fingerprint density at radius 1 is 1.18 bits per heavy atom. The molecular weight excluding hydrogens is 310 g/mol. The first kappa shape index (κ1) is 15.4. The lowest BCUT2D eigenvalue weighted by Gasteiger charge is -2.39. The Balaban J connectivity index is 1.48. The third kappa shape index (κ3) is 3.21. The molecule has 2 saturated heterocycles. The predicted molar refractivity (Wildman–Crippen MR) is 97.0 cm³/mol. The van der Waals surface area contributed by atoms with Gasteiger partial charge in [-0.1, -0.05) is 24.3 Å². The van der Waals surface area contributed by atoms with Crippen LogP contribution >= 0.6 is 23.5 Å². The first-order chi connectivity index (χ1) is 10.8. The van der Waals surface area contributed by atoms with E-state index in [9.17, 15) is 0 Å². The number of nitrogens with one attached hydrogen (secondary N) is 1. The molecule has 0 amide bonds. The molecule has 1 aromatic rings. The summed E-state index contributed by atoms with van der Waals surface area (Å²) in [6.45, 7) is 0.930. The Morgan fingerprint density at radius 2 is 2.14 bits per heavy atom. The molecule has 1 spiro atoms. The van der Waals surface area contributed by atoms with Crippen LogP contribution < -0.4 is 5.32 Å². The topological polar surface area (TPSA) is 21.3 Å². The number of rotatable bonds is 2. The van der Waals surface area contributed by atoms with E-state index in [1.807, 2.05) is 0 Å². The van der Waals surface area contributed by atoms with Crippen molar-refractivity contribution in [3.8, 4) is 0 Å². The zero-order chi connectivity index (χ0) is 14.8. The SMILES string of the molecule is c1ccc2c(c1)CCSC[C@@H]2N[C@H]1CCO[C@@]2(CCSC2)C1. The third-order valence-corrected chi connectivity index (χ3v) is 7.51. The minimum atomic E-state index is 0.179. The lowest BCUT2D eigenvalue weighted by molar-refractivity contribution is -0.0711. The summed E-state index contributed by atoms with van der Waals surface area (Å²) < 4.78 is 6.17. The van der Waals surface area contributed by atoms with Crippen LogP contribution in [-0.4, -0.2) is 41.3 Å². The normalized spacial score (nSPS) is 35.3. The quantitative estimate of drug-likeness (QED) is 0.890. The molecule has 0 saturated carbocycles. The molecule has 0 radical (unpaired) electrons. The maximum atomic E-state index is 6.17. The summed E-state index contributed by atoms with van der Waals surface area (Å²) >= 11 is 4.16. The van der Waals surface area contributed by atoms with Gasteiger partial charge in [0, 0.05) is 30.2 Å². The van der Waals surface area contributed by atoms with Crippen molar-refractivity contribution in [3.63, 3.8) is 0 Å². The van der Waals surface area contributed by atoms with E-state index < -0.39 is 0 Å². The van der Waals surface area contributed by atoms with Crippen molar-refractivity contribution >= 4 is 23.5 Å². The van der Waals surface area contributed by atoms with E-state index in [1.165, 1.54) is 47.8 Å². The van der Waals surface area contributed by atoms with Crippen molar-refractivity contribution in [1.82, 2.24) is 5.32 Å². The van der Waals surface area contributed by atoms with Crippen LogP contribution in [-0.2, 0) is 11.2 Å². The summed E-state index contributed by atoms with van der Waals surface area (Å²) in [5, 5.41) is 4.00. The molecule has 2 fully saturated rings. The molecule has 4 heteroatoms. The standard InChI is InChI=1S/C18H25NOS2/c1-2-4-16-14(3-1)6-9-21-12-17(16)19-15-5-8-20-18(11-15)7-10-22-13-18/h1-4,15,17,19H,5-13H2/t15-,17-,18-/m0/s1. The van der Waals surface area contributed by atoms with Gasteiger partial charge >= 0.3 is 0 Å². The van der Waals surface area contributed by atoms with E-state index in [-0.39, 0.29) is 5.60 Å². The van der Waals surface area contributed by atoms with Gasteiger partial charge in [-0.05, 0) is 48.3 Å². The maximum absolute atomic E-state index is 6.17. The van der Waals surface area contributed by atoms with Crippen LogP contribution in [0.5, 0.6) is 0 Å². The second-order valence-corrected chi connectivity index (χ2v) is 9.02. The van der Waals surface area contributed by atoms with Gasteiger partial charge < -0.3 is 10.1 Å². The van der Waals surface area contributed by atoms with Gasteiger partial charge in [0.25, 0.3) is 0 Å². The van der Waals surface area contributed by atoms with Gasteiger partial charge in [-0.2, -0.15) is 23.5 Å². The molecule has 0 aliphatic carbocycles. The van der Waals surface area contributed by atoms with Crippen LogP contribution in [0.3, 0.4) is 0 Å². The van der Waals surface area contributed by atoms with E-state index in [0.29, 0.717) is 12.1 Å². The third-order valence-electron chi connectivity index (χ3n) is 5.23. The highest BCUT2D eigenvalue weighted by molar-refractivity contribution is 7.99. The molecule has 1 aromatic carbocycles. The Morgan fingerprint density at radius 3 is 3.05 bits per heavy atom. The Bertz CT molecular complexity index is 516. The van der Waals surface area contributed by atoms with Crippen LogP contribution in [0.1, 0.15) is 36.4 Å². The molecule has 0 unspecified atom stereocenters. The number of ether oxygens (including phenoxy) is 1. The lowest BCUT2D eigenvalue weighted by atomic mass is 9.89. The number of fused-ring (bicyclic) bond motifs is 1. The van der Waals surface area contributed by atoms with Crippen LogP contribution in [0, 0.1) is 0 Å². The highest BCUT2D eigenvalue weighted by Crippen LogP contribution is 2.39. The molecule has 120 valence electrons. The highest BCUT2D eigenvalue weighted by Gasteiger charge is 2.41. The highest BCUT2D eigenvalue weighted by atomic mass is 32.2. The first-order valence-electron chi connectivity index (χ1n) is 8.48. The van der Waals surface area contributed by atoms with Gasteiger partial charge in [0.2, 0.25) is 0 Å². The summed E-state index contributed by atoms with van der Waals surface area (Å²) in [6, 6.07) is 10.2. The van der Waals surface area contributed by atoms with Crippen molar-refractivity contribution in [2.75, 3.05) is 29.6 Å². The number of aryl methyl sites for hydroxylation is 1. The molecule has 0 aromatic heterocycles. The molecule has 3 aliphatic rings. The van der Waals surface area contributed by atoms with E-state index in [2.05, 4.69) is 53.1 Å². The molecule has 22 heavy (non-hydrogen) atoms. The summed E-state index contributed by atoms with van der Waals surface area (Å²) in [6.07, 6.45) is 4.82. The minimum absolute atomic E-state index is 0.179. The number of hydrogen-bond acceptors (Lipinski definition) is 4. The number of hydrogen-bond donors (Lipinski definition) is 1. The van der Waals surface area contributed by atoms with E-state index in [0.717, 1.165) is 13.0 Å². The van der Waals surface area contributed by atoms with E-state index in [1.54, 1.807) is 5.56 Å². The monoisotopic (exact) mass is 335 g/mol. The zero-order valence-electron chi connectivity index (χ0n) is 13.1. The fraction of sp³-hybridized carbons (Fsp3) is 0.667. The smallest absolute Gasteiger partial charge is 0.0795 e. The van der Waals surface area contributed by atoms with Crippen molar-refractivity contribution in [3.05, 3.63) is 35.4 Å². The molecular formula is C18H25NOS2. The average molecular weight is 336 g/mol. The average Bonchev–Trinajstić information content (AvgIpc) is 2.88. The number of thioether (sulfide) groups is 2. The van der Waals surface area contributed by atoms with E-state index in [4.69, 9.17) is 4.74 Å². The van der Waals surface area contributed by atoms with Gasteiger partial charge in [0.05, 0.1) is 5.60 Å². The molecule has 1 N–H and O–H groups in total. The molecule has 3 heterocycles. The minimum Gasteiger partial charge on any atom is -0.374 e. The zero-order valence-corrected chi connectivity index (χ0v) is 14.7. The predicted octanol–water partition coefficient (Wildman–Crippen LogP) is 3.66. The lowest BCUT2D eigenvalue weighted by Crippen LogP contribution is -2.48. The van der Waals surface area contributed by atoms with Gasteiger partial charge in [-0.15, -0.1) is 0 Å². The van der Waals surface area contributed by atoms with Gasteiger partial charge in [0.15, 0.2) is 0 Å². The second-order valence-electron chi connectivity index (χ2n) is 6.77. The van der Waals surface area contributed by atoms with Gasteiger partial charge in [0.1, 0.15) is 0 Å². The largest absolute Gasteiger partial charge is 0.374 e. The Kier molecular flexibility index (Phi) is 4.72. The van der Waals surface area contributed by atoms with Crippen molar-refractivity contribution in [1.29, 1.82) is 0 Å². The van der Waals surface area contributed by atoms with Crippen LogP contribution in [0.15, 0.2) is 24.3 Å². The van der Waals surface area contributed by atoms with Crippen LogP contribution in [0.4, 0.5) is 0 Å². The van der Waals surface area contributed by atoms with Crippen LogP contribution in [0.2, 0.25) is 0 Å². The summed E-state index contributed by atoms with van der Waals surface area (Å²) in [5.74, 6) is 4.93. The summed E-state index contributed by atoms with van der Waals surface area (Å²) in [4.78, 5) is 0. The fourth-order valence-corrected chi connectivity index (χ4v) is 6.45. The summed E-state index contributed by atoms with van der Waals surface area (Å²) in [5.41, 5.74) is 3.26. The molecule has 2 nitrogen and oxygen atoms in total. The van der Waals surface area contributed by atoms with Gasteiger partial charge in [-0.3, -0.25) is 0 Å². The fourth-order valence-electron chi connectivity index (χ4n) is 4.03. The second kappa shape index (κ2) is 6.76. The number of benzene rings is 1. The van der Waals surface area contributed by atoms with E-state index >= 15 is 0 Å². The first-order valence-corrected chi connectivity index (χ1v) is 10.8. The summed E-state index contributed by atoms with van der Waals surface area (Å²) in [7, 11) is 0. The Hall–Kier alpha value is -0.160. The Labute approximate surface area is 142 Å². The molecule has 3 aliphatic heterocycles.